The van der Waals surface area contributed by atoms with E-state index in [9.17, 15) is 15.0 Å². The molecular weight excluding hydrogens is 364 g/mol. The summed E-state index contributed by atoms with van der Waals surface area (Å²) in [5, 5.41) is 28.3. The third kappa shape index (κ3) is 3.28. The maximum Gasteiger partial charge on any atom is 0.351 e. The molecule has 1 fully saturated rings. The van der Waals surface area contributed by atoms with Gasteiger partial charge in [-0.05, 0) is 19.1 Å². The van der Waals surface area contributed by atoms with Gasteiger partial charge in [-0.2, -0.15) is 4.98 Å². The van der Waals surface area contributed by atoms with E-state index in [1.165, 1.54) is 6.20 Å². The summed E-state index contributed by atoms with van der Waals surface area (Å²) < 4.78 is 8.29. The van der Waals surface area contributed by atoms with Gasteiger partial charge in [0, 0.05) is 18.2 Å². The van der Waals surface area contributed by atoms with Crippen LogP contribution >= 0.6 is 0 Å². The topological polar surface area (TPSA) is 141 Å². The van der Waals surface area contributed by atoms with Gasteiger partial charge in [0.2, 0.25) is 0 Å². The number of hydrogen-bond donors (Lipinski definition) is 3. The second kappa shape index (κ2) is 7.15. The zero-order valence-corrected chi connectivity index (χ0v) is 15.1. The molecule has 1 saturated heterocycles. The number of nitrogens with zero attached hydrogens (tertiary/aromatic N) is 5. The molecule has 10 heteroatoms. The third-order valence-electron chi connectivity index (χ3n) is 4.75. The molecule has 10 nitrogen and oxygen atoms in total. The van der Waals surface area contributed by atoms with E-state index in [0.29, 0.717) is 11.3 Å². The number of benzene rings is 1. The van der Waals surface area contributed by atoms with E-state index in [1.54, 1.807) is 17.8 Å². The molecular formula is C18H20N6O4. The molecule has 1 aliphatic heterocycles. The van der Waals surface area contributed by atoms with Gasteiger partial charge < -0.3 is 20.7 Å². The van der Waals surface area contributed by atoms with Crippen molar-refractivity contribution in [1.29, 1.82) is 0 Å². The summed E-state index contributed by atoms with van der Waals surface area (Å²) in [5.74, 6) is 0.0663. The van der Waals surface area contributed by atoms with Crippen LogP contribution in [-0.4, -0.2) is 53.1 Å². The maximum absolute atomic E-state index is 12.2. The van der Waals surface area contributed by atoms with Gasteiger partial charge in [-0.25, -0.2) is 9.48 Å². The smallest absolute Gasteiger partial charge is 0.351 e. The first-order chi connectivity index (χ1) is 13.4. The highest BCUT2D eigenvalue weighted by Gasteiger charge is 2.42. The largest absolute Gasteiger partial charge is 0.388 e. The molecule has 0 bridgehead atoms. The predicted octanol–water partition coefficient (Wildman–Crippen LogP) is -0.364. The number of aromatic nitrogens is 5. The Kier molecular flexibility index (Phi) is 4.67. The Bertz CT molecular complexity index is 1030. The molecule has 0 amide bonds. The predicted molar refractivity (Wildman–Crippen MR) is 98.7 cm³/mol. The van der Waals surface area contributed by atoms with E-state index in [2.05, 4.69) is 15.3 Å². The summed E-state index contributed by atoms with van der Waals surface area (Å²) in [4.78, 5) is 16.1. The van der Waals surface area contributed by atoms with Crippen molar-refractivity contribution in [3.05, 3.63) is 64.5 Å². The molecule has 0 aliphatic carbocycles. The zero-order chi connectivity index (χ0) is 19.8. The highest BCUT2D eigenvalue weighted by molar-refractivity contribution is 5.39. The lowest BCUT2D eigenvalue weighted by Gasteiger charge is -2.18. The molecule has 3 heterocycles. The third-order valence-corrected chi connectivity index (χ3v) is 4.75. The number of anilines is 1. The molecule has 4 N–H and O–H groups in total. The molecule has 28 heavy (non-hydrogen) atoms. The van der Waals surface area contributed by atoms with Crippen LogP contribution in [0.15, 0.2) is 47.5 Å². The van der Waals surface area contributed by atoms with Gasteiger partial charge in [-0.1, -0.05) is 23.4 Å². The number of ether oxygens (including phenoxy) is 1. The average molecular weight is 384 g/mol. The van der Waals surface area contributed by atoms with Crippen molar-refractivity contribution < 1.29 is 14.9 Å². The molecule has 4 atom stereocenters. The minimum Gasteiger partial charge on any atom is -0.388 e. The first kappa shape index (κ1) is 18.3. The van der Waals surface area contributed by atoms with Gasteiger partial charge in [-0.15, -0.1) is 5.10 Å². The second-order valence-electron chi connectivity index (χ2n) is 6.72. The van der Waals surface area contributed by atoms with E-state index in [-0.39, 0.29) is 12.2 Å². The average Bonchev–Trinajstić information content (AvgIpc) is 3.25. The van der Waals surface area contributed by atoms with Gasteiger partial charge >= 0.3 is 5.69 Å². The van der Waals surface area contributed by atoms with Crippen LogP contribution in [0.3, 0.4) is 0 Å². The summed E-state index contributed by atoms with van der Waals surface area (Å²) in [7, 11) is 0. The Morgan fingerprint density at radius 2 is 1.93 bits per heavy atom. The minimum absolute atomic E-state index is 0.0663. The normalized spacial score (nSPS) is 24.5. The summed E-state index contributed by atoms with van der Waals surface area (Å²) >= 11 is 0. The Hall–Kier alpha value is -3.08. The van der Waals surface area contributed by atoms with Crippen molar-refractivity contribution in [3.8, 4) is 5.69 Å². The molecule has 4 rings (SSSR count). The summed E-state index contributed by atoms with van der Waals surface area (Å²) in [6.07, 6.45) is -0.467. The number of nitrogens with two attached hydrogens (primary N) is 1. The molecule has 1 aromatic carbocycles. The van der Waals surface area contributed by atoms with Crippen molar-refractivity contribution in [2.45, 2.75) is 37.9 Å². The van der Waals surface area contributed by atoms with Gasteiger partial charge in [0.25, 0.3) is 0 Å². The first-order valence-electron chi connectivity index (χ1n) is 8.80. The highest BCUT2D eigenvalue weighted by Crippen LogP contribution is 2.28. The van der Waals surface area contributed by atoms with Gasteiger partial charge in [0.05, 0.1) is 23.7 Å². The van der Waals surface area contributed by atoms with E-state index in [4.69, 9.17) is 10.5 Å². The molecule has 0 spiro atoms. The quantitative estimate of drug-likeness (QED) is 0.553. The van der Waals surface area contributed by atoms with Crippen molar-refractivity contribution in [3.63, 3.8) is 0 Å². The minimum atomic E-state index is -1.25. The van der Waals surface area contributed by atoms with Gasteiger partial charge in [0.1, 0.15) is 18.0 Å². The monoisotopic (exact) mass is 384 g/mol. The van der Waals surface area contributed by atoms with Crippen molar-refractivity contribution >= 4 is 5.82 Å². The number of rotatable bonds is 4. The van der Waals surface area contributed by atoms with Crippen LogP contribution in [0, 0.1) is 0 Å². The lowest BCUT2D eigenvalue weighted by atomic mass is 10.1. The van der Waals surface area contributed by atoms with Crippen LogP contribution in [0.4, 0.5) is 5.82 Å². The van der Waals surface area contributed by atoms with Crippen LogP contribution in [-0.2, 0) is 11.2 Å². The SMILES string of the molecule is C[C@H]1O[C@@H](n2cc(Cc3cn(-c4ccccc4)nn3)c(N)nc2=O)[C@@H](O)C1O. The molecule has 1 unspecified atom stereocenters. The van der Waals surface area contributed by atoms with Crippen molar-refractivity contribution in [2.24, 2.45) is 0 Å². The number of para-hydroxylation sites is 1. The Labute approximate surface area is 159 Å². The maximum atomic E-state index is 12.2. The van der Waals surface area contributed by atoms with Crippen molar-refractivity contribution in [1.82, 2.24) is 24.5 Å². The van der Waals surface area contributed by atoms with E-state index in [1.807, 2.05) is 30.3 Å². The van der Waals surface area contributed by atoms with Gasteiger partial charge in [0.15, 0.2) is 6.23 Å². The fourth-order valence-corrected chi connectivity index (χ4v) is 3.18. The van der Waals surface area contributed by atoms with E-state index >= 15 is 0 Å². The summed E-state index contributed by atoms with van der Waals surface area (Å²) in [6.45, 7) is 1.62. The van der Waals surface area contributed by atoms with Crippen LogP contribution in [0.1, 0.15) is 24.4 Å². The Balaban J connectivity index is 1.62. The van der Waals surface area contributed by atoms with Crippen molar-refractivity contribution in [2.75, 3.05) is 5.73 Å². The first-order valence-corrected chi connectivity index (χ1v) is 8.80. The Morgan fingerprint density at radius 3 is 2.61 bits per heavy atom. The van der Waals surface area contributed by atoms with Crippen LogP contribution in [0.25, 0.3) is 5.69 Å². The fraction of sp³-hybridized carbons (Fsp3) is 0.333. The zero-order valence-electron chi connectivity index (χ0n) is 15.1. The van der Waals surface area contributed by atoms with Crippen LogP contribution in [0.5, 0.6) is 0 Å². The fourth-order valence-electron chi connectivity index (χ4n) is 3.18. The summed E-state index contributed by atoms with van der Waals surface area (Å²) in [5.41, 5.74) is 7.27. The number of nitrogen functional groups attached to an aromatic ring is 1. The molecule has 0 saturated carbocycles. The number of aliphatic hydroxyl groups excluding tert-OH is 2. The van der Waals surface area contributed by atoms with Crippen LogP contribution in [0.2, 0.25) is 0 Å². The Morgan fingerprint density at radius 1 is 1.18 bits per heavy atom. The molecule has 3 aromatic rings. The molecule has 1 aliphatic rings. The molecule has 2 aromatic heterocycles. The standard InChI is InChI=1S/C18H20N6O4/c1-10-14(25)15(26)17(28-10)23-8-11(16(19)20-18(23)27)7-12-9-24(22-21-12)13-5-3-2-4-6-13/h2-6,8-10,14-15,17,25-26H,7H2,1H3,(H2,19,20,27)/t10-,14?,15+,17-/m1/s1. The lowest BCUT2D eigenvalue weighted by molar-refractivity contribution is -0.0351. The van der Waals surface area contributed by atoms with E-state index < -0.39 is 30.2 Å². The van der Waals surface area contributed by atoms with Crippen LogP contribution < -0.4 is 11.4 Å². The highest BCUT2D eigenvalue weighted by atomic mass is 16.6. The lowest BCUT2D eigenvalue weighted by Crippen LogP contribution is -2.36. The van der Waals surface area contributed by atoms with E-state index in [0.717, 1.165) is 10.3 Å². The second-order valence-corrected chi connectivity index (χ2v) is 6.72. The molecule has 0 radical (unpaired) electrons. The summed E-state index contributed by atoms with van der Waals surface area (Å²) in [6, 6.07) is 9.52. The van der Waals surface area contributed by atoms with Gasteiger partial charge in [-0.3, -0.25) is 4.57 Å². The number of aliphatic hydroxyl groups is 2. The molecule has 146 valence electrons. The number of hydrogen-bond acceptors (Lipinski definition) is 8.